The van der Waals surface area contributed by atoms with Crippen molar-refractivity contribution in [1.29, 1.82) is 0 Å². The maximum atomic E-state index is 13.6. The summed E-state index contributed by atoms with van der Waals surface area (Å²) in [6.07, 6.45) is 5.57. The normalized spacial score (nSPS) is 18.9. The van der Waals surface area contributed by atoms with Crippen molar-refractivity contribution < 1.29 is 9.59 Å². The van der Waals surface area contributed by atoms with Gasteiger partial charge in [-0.3, -0.25) is 19.8 Å². The van der Waals surface area contributed by atoms with Crippen LogP contribution in [0.25, 0.3) is 11.1 Å². The molecular formula is C26H34N6O2. The lowest BCUT2D eigenvalue weighted by atomic mass is 9.78. The standard InChI is InChI=1S/C26H34N6O2/c1-5-32(26(34)22-14-15-27-31-22)24(20-8-6-16(2)7-9-20)25(33)28-21-12-10-19(11-13-21)23-17(3)29-30-18(23)4/h10-16,20,24H,5-9H2,1-4H3,(H,27,31)(H,28,33)(H,29,30)/t16?,20?,24-/m0/s1. The minimum Gasteiger partial charge on any atom is -0.325 e. The predicted molar refractivity (Wildman–Crippen MR) is 132 cm³/mol. The molecular weight excluding hydrogens is 428 g/mol. The van der Waals surface area contributed by atoms with Crippen molar-refractivity contribution in [3.8, 4) is 11.1 Å². The molecule has 2 heterocycles. The van der Waals surface area contributed by atoms with E-state index in [2.05, 4.69) is 32.6 Å². The van der Waals surface area contributed by atoms with Crippen LogP contribution >= 0.6 is 0 Å². The van der Waals surface area contributed by atoms with Gasteiger partial charge < -0.3 is 10.2 Å². The fraction of sp³-hybridized carbons (Fsp3) is 0.462. The molecule has 0 radical (unpaired) electrons. The number of nitrogens with zero attached hydrogens (tertiary/aromatic N) is 3. The van der Waals surface area contributed by atoms with Gasteiger partial charge in [-0.15, -0.1) is 0 Å². The lowest BCUT2D eigenvalue weighted by Crippen LogP contribution is -2.52. The number of amides is 2. The van der Waals surface area contributed by atoms with Gasteiger partial charge in [0.05, 0.1) is 5.69 Å². The van der Waals surface area contributed by atoms with E-state index < -0.39 is 6.04 Å². The molecule has 3 aromatic rings. The highest BCUT2D eigenvalue weighted by Crippen LogP contribution is 2.34. The Morgan fingerprint density at radius 3 is 2.35 bits per heavy atom. The van der Waals surface area contributed by atoms with Gasteiger partial charge in [-0.1, -0.05) is 31.9 Å². The highest BCUT2D eigenvalue weighted by atomic mass is 16.2. The predicted octanol–water partition coefficient (Wildman–Crippen LogP) is 4.71. The van der Waals surface area contributed by atoms with Gasteiger partial charge in [0.15, 0.2) is 0 Å². The van der Waals surface area contributed by atoms with Crippen LogP contribution in [0.3, 0.4) is 0 Å². The molecule has 0 unspecified atom stereocenters. The van der Waals surface area contributed by atoms with E-state index in [4.69, 9.17) is 0 Å². The smallest absolute Gasteiger partial charge is 0.272 e. The Morgan fingerprint density at radius 1 is 1.09 bits per heavy atom. The molecule has 180 valence electrons. The quantitative estimate of drug-likeness (QED) is 0.472. The Bertz CT molecular complexity index is 1090. The molecule has 1 aromatic carbocycles. The average Bonchev–Trinajstić information content (AvgIpc) is 3.48. The zero-order chi connectivity index (χ0) is 24.2. The van der Waals surface area contributed by atoms with Crippen LogP contribution in [0.1, 0.15) is 61.4 Å². The zero-order valence-corrected chi connectivity index (χ0v) is 20.4. The van der Waals surface area contributed by atoms with Crippen LogP contribution in [0.5, 0.6) is 0 Å². The molecule has 0 spiro atoms. The first-order valence-corrected chi connectivity index (χ1v) is 12.1. The Hall–Kier alpha value is -3.42. The summed E-state index contributed by atoms with van der Waals surface area (Å²) in [5, 5.41) is 17.0. The van der Waals surface area contributed by atoms with Crippen LogP contribution in [0.15, 0.2) is 36.5 Å². The number of benzene rings is 1. The van der Waals surface area contributed by atoms with Gasteiger partial charge in [0.25, 0.3) is 5.91 Å². The number of aromatic nitrogens is 4. The second kappa shape index (κ2) is 10.2. The number of carbonyl (C=O) groups is 2. The molecule has 4 rings (SSSR count). The molecule has 2 aromatic heterocycles. The number of carbonyl (C=O) groups excluding carboxylic acids is 2. The summed E-state index contributed by atoms with van der Waals surface area (Å²) in [7, 11) is 0. The fourth-order valence-electron chi connectivity index (χ4n) is 5.12. The van der Waals surface area contributed by atoms with Gasteiger partial charge in [-0.25, -0.2) is 0 Å². The summed E-state index contributed by atoms with van der Waals surface area (Å²) >= 11 is 0. The van der Waals surface area contributed by atoms with Crippen molar-refractivity contribution in [2.24, 2.45) is 11.8 Å². The van der Waals surface area contributed by atoms with E-state index in [-0.39, 0.29) is 17.7 Å². The van der Waals surface area contributed by atoms with Crippen LogP contribution in [-0.2, 0) is 4.79 Å². The zero-order valence-electron chi connectivity index (χ0n) is 20.4. The monoisotopic (exact) mass is 462 g/mol. The largest absolute Gasteiger partial charge is 0.325 e. The molecule has 1 saturated carbocycles. The van der Waals surface area contributed by atoms with Crippen LogP contribution in [0.4, 0.5) is 5.69 Å². The van der Waals surface area contributed by atoms with Gasteiger partial charge in [0.2, 0.25) is 5.91 Å². The SMILES string of the molecule is CCN(C(=O)c1ccn[nH]1)[C@H](C(=O)Nc1ccc(-c2c(C)n[nH]c2C)cc1)C1CCC(C)CC1. The minimum atomic E-state index is -0.536. The first kappa shape index (κ1) is 23.7. The molecule has 3 N–H and O–H groups in total. The highest BCUT2D eigenvalue weighted by Gasteiger charge is 2.38. The molecule has 0 saturated heterocycles. The van der Waals surface area contributed by atoms with Crippen molar-refractivity contribution in [2.75, 3.05) is 11.9 Å². The van der Waals surface area contributed by atoms with Gasteiger partial charge >= 0.3 is 0 Å². The third-order valence-corrected chi connectivity index (χ3v) is 7.01. The summed E-state index contributed by atoms with van der Waals surface area (Å²) in [5.41, 5.74) is 5.19. The summed E-state index contributed by atoms with van der Waals surface area (Å²) in [4.78, 5) is 28.6. The number of anilines is 1. The van der Waals surface area contributed by atoms with E-state index in [1.165, 1.54) is 0 Å². The van der Waals surface area contributed by atoms with E-state index >= 15 is 0 Å². The maximum absolute atomic E-state index is 13.6. The first-order valence-electron chi connectivity index (χ1n) is 12.1. The van der Waals surface area contributed by atoms with Crippen molar-refractivity contribution >= 4 is 17.5 Å². The number of hydrogen-bond acceptors (Lipinski definition) is 4. The van der Waals surface area contributed by atoms with Crippen LogP contribution in [-0.4, -0.2) is 49.7 Å². The summed E-state index contributed by atoms with van der Waals surface area (Å²) in [5.74, 6) is 0.442. The first-order chi connectivity index (χ1) is 16.4. The Kier molecular flexibility index (Phi) is 7.14. The fourth-order valence-corrected chi connectivity index (χ4v) is 5.12. The number of hydrogen-bond donors (Lipinski definition) is 3. The number of H-pyrrole nitrogens is 2. The average molecular weight is 463 g/mol. The van der Waals surface area contributed by atoms with Crippen LogP contribution in [0.2, 0.25) is 0 Å². The van der Waals surface area contributed by atoms with Crippen molar-refractivity contribution in [3.05, 3.63) is 53.6 Å². The molecule has 0 aliphatic heterocycles. The second-order valence-electron chi connectivity index (χ2n) is 9.40. The second-order valence-corrected chi connectivity index (χ2v) is 9.40. The Morgan fingerprint density at radius 2 is 1.79 bits per heavy atom. The molecule has 0 bridgehead atoms. The lowest BCUT2D eigenvalue weighted by Gasteiger charge is -2.38. The van der Waals surface area contributed by atoms with Crippen molar-refractivity contribution in [2.45, 2.75) is 59.4 Å². The molecule has 1 aliphatic carbocycles. The van der Waals surface area contributed by atoms with E-state index in [0.29, 0.717) is 23.8 Å². The number of likely N-dealkylation sites (N-methyl/N-ethyl adjacent to an activating group) is 1. The molecule has 8 nitrogen and oxygen atoms in total. The van der Waals surface area contributed by atoms with Crippen LogP contribution < -0.4 is 5.32 Å². The van der Waals surface area contributed by atoms with E-state index in [0.717, 1.165) is 48.2 Å². The highest BCUT2D eigenvalue weighted by molar-refractivity contribution is 6.00. The summed E-state index contributed by atoms with van der Waals surface area (Å²) in [6, 6.07) is 8.92. The number of aromatic amines is 2. The van der Waals surface area contributed by atoms with Crippen molar-refractivity contribution in [1.82, 2.24) is 25.3 Å². The maximum Gasteiger partial charge on any atom is 0.272 e. The van der Waals surface area contributed by atoms with Gasteiger partial charge in [-0.2, -0.15) is 10.2 Å². The van der Waals surface area contributed by atoms with Crippen molar-refractivity contribution in [3.63, 3.8) is 0 Å². The van der Waals surface area contributed by atoms with Gasteiger partial charge in [0, 0.05) is 29.7 Å². The molecule has 8 heteroatoms. The van der Waals surface area contributed by atoms with Gasteiger partial charge in [0.1, 0.15) is 11.7 Å². The third kappa shape index (κ3) is 4.90. The Labute approximate surface area is 200 Å². The topological polar surface area (TPSA) is 107 Å². The third-order valence-electron chi connectivity index (χ3n) is 7.01. The lowest BCUT2D eigenvalue weighted by molar-refractivity contribution is -0.122. The van der Waals surface area contributed by atoms with E-state index in [1.54, 1.807) is 17.2 Å². The molecule has 2 amide bonds. The number of rotatable bonds is 7. The molecule has 34 heavy (non-hydrogen) atoms. The minimum absolute atomic E-state index is 0.124. The number of aryl methyl sites for hydroxylation is 2. The number of nitrogens with one attached hydrogen (secondary N) is 3. The molecule has 1 atom stereocenters. The van der Waals surface area contributed by atoms with Gasteiger partial charge in [-0.05, 0) is 69.2 Å². The molecule has 1 aliphatic rings. The summed E-state index contributed by atoms with van der Waals surface area (Å²) < 4.78 is 0. The van der Waals surface area contributed by atoms with E-state index in [9.17, 15) is 9.59 Å². The van der Waals surface area contributed by atoms with Crippen LogP contribution in [0, 0.1) is 25.7 Å². The van der Waals surface area contributed by atoms with E-state index in [1.807, 2.05) is 45.0 Å². The summed E-state index contributed by atoms with van der Waals surface area (Å²) in [6.45, 7) is 8.59. The Balaban J connectivity index is 1.57. The molecule has 1 fully saturated rings.